The number of nitrogens with zero attached hydrogens (tertiary/aromatic N) is 6. The summed E-state index contributed by atoms with van der Waals surface area (Å²) in [5.74, 6) is 0. The molecule has 0 amide bonds. The van der Waals surface area contributed by atoms with E-state index in [9.17, 15) is 30.6 Å². The van der Waals surface area contributed by atoms with Gasteiger partial charge in [0, 0.05) is 31.0 Å². The first-order valence-electron chi connectivity index (χ1n) is 22.3. The van der Waals surface area contributed by atoms with Gasteiger partial charge in [0.1, 0.15) is 67.1 Å². The molecule has 23 heteroatoms. The average molecular weight is 886 g/mol. The van der Waals surface area contributed by atoms with E-state index in [4.69, 9.17) is 57.1 Å². The summed E-state index contributed by atoms with van der Waals surface area (Å²) in [6, 6.07) is -4.26. The maximum atomic E-state index is 11.9. The van der Waals surface area contributed by atoms with Gasteiger partial charge in [0.2, 0.25) is 0 Å². The SMILES string of the molecule is CCCCCCc1cn(C[C@H]2O[C@H](O[C@H]3[C@H](O[C@@H]4O[C@H](Cn5cc(CCCCCC)nn5)[C@@H](O[C@H]5OC(CN)[C@@H](O)[C@H](O)[C@H]5N)[C@H]4O)[C@@H](O)[C@H](N)C[C@@H]3N)[C@H](N)[C@@H](O)[C@@H]2O)nn1. The quantitative estimate of drug-likeness (QED) is 0.0532. The van der Waals surface area contributed by atoms with Gasteiger partial charge in [0.05, 0.1) is 42.7 Å². The van der Waals surface area contributed by atoms with Gasteiger partial charge >= 0.3 is 0 Å². The van der Waals surface area contributed by atoms with Crippen LogP contribution in [-0.4, -0.2) is 183 Å². The third kappa shape index (κ3) is 11.7. The molecule has 16 N–H and O–H groups in total. The van der Waals surface area contributed by atoms with Gasteiger partial charge in [-0.3, -0.25) is 0 Å². The van der Waals surface area contributed by atoms with E-state index in [1.54, 1.807) is 17.1 Å². The molecule has 3 saturated heterocycles. The molecule has 2 aromatic rings. The Balaban J connectivity index is 1.18. The van der Waals surface area contributed by atoms with Crippen LogP contribution in [0, 0.1) is 0 Å². The standard InChI is InChI=1S/C39H71N11O12/c1-3-5-7-9-11-19-15-49(47-45-19)17-24-30(53)32(55)27(44)38(58-24)60-34-22(42)13-21(41)28(51)36(34)62-39-33(56)35(61-37-26(43)31(54)29(52)23(14-40)57-37)25(59-39)18-50-16-20(46-48-50)12-10-8-6-4-2/h15-16,21-39,51-56H,3-14,17-18,40-44H2,1-2H3/t21-,22+,23?,24-,25-,26-,27-,28+,29-,30-,31-,32-,33-,34-,35-,36-,37-,38-,39+/m1/s1. The first kappa shape index (κ1) is 49.0. The number of ether oxygens (including phenoxy) is 6. The van der Waals surface area contributed by atoms with Crippen molar-refractivity contribution in [1.29, 1.82) is 0 Å². The average Bonchev–Trinajstić information content (AvgIpc) is 3.98. The molecule has 4 fully saturated rings. The van der Waals surface area contributed by atoms with Crippen LogP contribution in [0.25, 0.3) is 0 Å². The Hall–Kier alpha value is -2.40. The largest absolute Gasteiger partial charge is 0.389 e. The summed E-state index contributed by atoms with van der Waals surface area (Å²) in [6.07, 6.45) is -6.19. The molecule has 0 radical (unpaired) electrons. The van der Waals surface area contributed by atoms with Crippen LogP contribution in [0.1, 0.15) is 83.0 Å². The van der Waals surface area contributed by atoms with E-state index >= 15 is 0 Å². The monoisotopic (exact) mass is 886 g/mol. The maximum Gasteiger partial charge on any atom is 0.187 e. The lowest BCUT2D eigenvalue weighted by Gasteiger charge is -2.47. The number of aliphatic hydroxyl groups is 6. The molecule has 0 aromatic carbocycles. The highest BCUT2D eigenvalue weighted by Crippen LogP contribution is 2.35. The number of rotatable bonds is 21. The van der Waals surface area contributed by atoms with Crippen LogP contribution in [0.15, 0.2) is 12.4 Å². The summed E-state index contributed by atoms with van der Waals surface area (Å²) in [5.41, 5.74) is 32.9. The zero-order chi connectivity index (χ0) is 44.7. The van der Waals surface area contributed by atoms with Gasteiger partial charge in [-0.2, -0.15) is 0 Å². The highest BCUT2D eigenvalue weighted by molar-refractivity contribution is 5.03. The van der Waals surface area contributed by atoms with Crippen LogP contribution in [0.5, 0.6) is 0 Å². The Morgan fingerprint density at radius 1 is 0.565 bits per heavy atom. The Labute approximate surface area is 361 Å². The molecule has 354 valence electrons. The summed E-state index contributed by atoms with van der Waals surface area (Å²) < 4.78 is 40.4. The summed E-state index contributed by atoms with van der Waals surface area (Å²) in [6.45, 7) is 4.15. The van der Waals surface area contributed by atoms with Gasteiger partial charge in [-0.05, 0) is 32.1 Å². The van der Waals surface area contributed by atoms with Crippen molar-refractivity contribution in [3.8, 4) is 0 Å². The van der Waals surface area contributed by atoms with Crippen LogP contribution in [0.4, 0.5) is 0 Å². The summed E-state index contributed by atoms with van der Waals surface area (Å²) in [7, 11) is 0. The lowest BCUT2D eigenvalue weighted by molar-refractivity contribution is -0.309. The zero-order valence-corrected chi connectivity index (χ0v) is 35.7. The van der Waals surface area contributed by atoms with Crippen molar-refractivity contribution in [3.05, 3.63) is 23.8 Å². The van der Waals surface area contributed by atoms with Crippen molar-refractivity contribution in [2.75, 3.05) is 6.54 Å². The van der Waals surface area contributed by atoms with E-state index in [1.807, 2.05) is 0 Å². The maximum absolute atomic E-state index is 11.9. The highest BCUT2D eigenvalue weighted by atomic mass is 16.8. The van der Waals surface area contributed by atoms with Crippen LogP contribution >= 0.6 is 0 Å². The third-order valence-corrected chi connectivity index (χ3v) is 12.4. The van der Waals surface area contributed by atoms with Crippen LogP contribution in [-0.2, 0) is 54.4 Å². The second kappa shape index (κ2) is 22.7. The van der Waals surface area contributed by atoms with Crippen molar-refractivity contribution in [2.45, 2.75) is 214 Å². The Morgan fingerprint density at radius 3 is 1.60 bits per heavy atom. The molecule has 0 spiro atoms. The molecule has 1 saturated carbocycles. The van der Waals surface area contributed by atoms with Gasteiger partial charge in [0.15, 0.2) is 18.9 Å². The number of unbranched alkanes of at least 4 members (excludes halogenated alkanes) is 6. The van der Waals surface area contributed by atoms with Crippen LogP contribution in [0.3, 0.4) is 0 Å². The molecule has 6 rings (SSSR count). The molecule has 0 bridgehead atoms. The summed E-state index contributed by atoms with van der Waals surface area (Å²) in [4.78, 5) is 0. The smallest absolute Gasteiger partial charge is 0.187 e. The van der Waals surface area contributed by atoms with Gasteiger partial charge in [0.25, 0.3) is 0 Å². The van der Waals surface area contributed by atoms with E-state index in [2.05, 4.69) is 34.5 Å². The fourth-order valence-corrected chi connectivity index (χ4v) is 8.62. The van der Waals surface area contributed by atoms with E-state index < -0.39 is 116 Å². The molecule has 2 aromatic heterocycles. The lowest BCUT2D eigenvalue weighted by atomic mass is 9.84. The van der Waals surface area contributed by atoms with E-state index in [1.165, 1.54) is 4.68 Å². The number of aryl methyl sites for hydroxylation is 2. The van der Waals surface area contributed by atoms with Gasteiger partial charge in [-0.15, -0.1) is 10.2 Å². The molecule has 3 aliphatic heterocycles. The van der Waals surface area contributed by atoms with Crippen molar-refractivity contribution >= 4 is 0 Å². The number of hydrogen-bond acceptors (Lipinski definition) is 21. The number of hydrogen-bond donors (Lipinski definition) is 11. The Morgan fingerprint density at radius 2 is 1.05 bits per heavy atom. The third-order valence-electron chi connectivity index (χ3n) is 12.4. The van der Waals surface area contributed by atoms with Gasteiger partial charge in [-0.25, -0.2) is 9.36 Å². The number of nitrogens with two attached hydrogens (primary N) is 5. The second-order valence-electron chi connectivity index (χ2n) is 17.3. The minimum absolute atomic E-state index is 0.0155. The topological polar surface area (TPSA) is 368 Å². The molecular formula is C39H71N11O12. The normalized spacial score (nSPS) is 40.3. The van der Waals surface area contributed by atoms with Crippen LogP contribution in [0.2, 0.25) is 0 Å². The minimum Gasteiger partial charge on any atom is -0.389 e. The van der Waals surface area contributed by atoms with Crippen molar-refractivity contribution < 1.29 is 59.1 Å². The van der Waals surface area contributed by atoms with Crippen molar-refractivity contribution in [1.82, 2.24) is 30.0 Å². The number of aliphatic hydroxyl groups excluding tert-OH is 6. The molecule has 62 heavy (non-hydrogen) atoms. The first-order chi connectivity index (χ1) is 29.7. The second-order valence-corrected chi connectivity index (χ2v) is 17.3. The zero-order valence-electron chi connectivity index (χ0n) is 35.7. The lowest BCUT2D eigenvalue weighted by Crippen LogP contribution is -2.68. The number of aromatic nitrogens is 6. The highest BCUT2D eigenvalue weighted by Gasteiger charge is 2.54. The fraction of sp³-hybridized carbons (Fsp3) is 0.897. The molecule has 1 unspecified atom stereocenters. The van der Waals surface area contributed by atoms with E-state index in [0.717, 1.165) is 75.6 Å². The predicted molar refractivity (Wildman–Crippen MR) is 218 cm³/mol. The van der Waals surface area contributed by atoms with Crippen LogP contribution < -0.4 is 28.7 Å². The minimum atomic E-state index is -1.58. The molecule has 23 nitrogen and oxygen atoms in total. The van der Waals surface area contributed by atoms with Crippen molar-refractivity contribution in [3.63, 3.8) is 0 Å². The molecule has 4 aliphatic rings. The Kier molecular flexibility index (Phi) is 17.9. The first-order valence-corrected chi connectivity index (χ1v) is 22.3. The molecule has 1 aliphatic carbocycles. The van der Waals surface area contributed by atoms with Crippen molar-refractivity contribution in [2.24, 2.45) is 28.7 Å². The van der Waals surface area contributed by atoms with E-state index in [-0.39, 0.29) is 26.1 Å². The summed E-state index contributed by atoms with van der Waals surface area (Å²) in [5, 5.41) is 83.7. The molecular weight excluding hydrogens is 814 g/mol. The van der Waals surface area contributed by atoms with E-state index in [0.29, 0.717) is 0 Å². The summed E-state index contributed by atoms with van der Waals surface area (Å²) >= 11 is 0. The van der Waals surface area contributed by atoms with Gasteiger partial charge < -0.3 is 87.7 Å². The molecule has 19 atom stereocenters. The molecule has 5 heterocycles. The van der Waals surface area contributed by atoms with Gasteiger partial charge in [-0.1, -0.05) is 62.8 Å². The fourth-order valence-electron chi connectivity index (χ4n) is 8.62. The Bertz CT molecular complexity index is 1630. The predicted octanol–water partition coefficient (Wildman–Crippen LogP) is -4.02.